The van der Waals surface area contributed by atoms with E-state index in [1.165, 1.54) is 6.42 Å². The van der Waals surface area contributed by atoms with Crippen LogP contribution in [-0.2, 0) is 0 Å². The Labute approximate surface area is 120 Å². The van der Waals surface area contributed by atoms with Crippen LogP contribution in [0.25, 0.3) is 11.1 Å². The Hall–Kier alpha value is -1.90. The average Bonchev–Trinajstić information content (AvgIpc) is 2.45. The van der Waals surface area contributed by atoms with Gasteiger partial charge in [0.05, 0.1) is 12.3 Å². The number of rotatable bonds is 4. The van der Waals surface area contributed by atoms with E-state index in [1.807, 2.05) is 31.2 Å². The highest BCUT2D eigenvalue weighted by Crippen LogP contribution is 2.40. The summed E-state index contributed by atoms with van der Waals surface area (Å²) < 4.78 is 5.92. The summed E-state index contributed by atoms with van der Waals surface area (Å²) in [4.78, 5) is 0. The van der Waals surface area contributed by atoms with Crippen LogP contribution in [0.4, 0.5) is 0 Å². The van der Waals surface area contributed by atoms with Gasteiger partial charge in [0.2, 0.25) is 5.88 Å². The molecule has 103 valence electrons. The first-order valence-electron chi connectivity index (χ1n) is 7.04. The first-order valence-corrected chi connectivity index (χ1v) is 7.04. The minimum absolute atomic E-state index is 0.0700. The van der Waals surface area contributed by atoms with Crippen molar-refractivity contribution < 1.29 is 4.74 Å². The van der Waals surface area contributed by atoms with E-state index in [1.54, 1.807) is 0 Å². The fourth-order valence-corrected chi connectivity index (χ4v) is 2.45. The maximum atomic E-state index is 5.92. The lowest BCUT2D eigenvalue weighted by Gasteiger charge is -2.37. The lowest BCUT2D eigenvalue weighted by molar-refractivity contribution is 0.101. The maximum absolute atomic E-state index is 5.92. The van der Waals surface area contributed by atoms with Gasteiger partial charge in [-0.15, -0.1) is 5.10 Å². The summed E-state index contributed by atoms with van der Waals surface area (Å²) in [5.74, 6) is 0.608. The molecular formula is C17H19N2O. The highest BCUT2D eigenvalue weighted by molar-refractivity contribution is 5.68. The molecule has 0 bridgehead atoms. The van der Waals surface area contributed by atoms with Crippen molar-refractivity contribution in [2.24, 2.45) is 5.41 Å². The Bertz CT molecular complexity index is 591. The molecule has 1 saturated carbocycles. The Morgan fingerprint density at radius 1 is 1.20 bits per heavy atom. The van der Waals surface area contributed by atoms with Crippen LogP contribution < -0.4 is 4.74 Å². The average molecular weight is 267 g/mol. The Morgan fingerprint density at radius 3 is 2.60 bits per heavy atom. The summed E-state index contributed by atoms with van der Waals surface area (Å²) in [6.45, 7) is 6.80. The zero-order valence-electron chi connectivity index (χ0n) is 11.8. The van der Waals surface area contributed by atoms with Crippen LogP contribution in [0.15, 0.2) is 36.4 Å². The third kappa shape index (κ3) is 2.67. The molecule has 1 aliphatic carbocycles. The van der Waals surface area contributed by atoms with E-state index >= 15 is 0 Å². The second-order valence-electron chi connectivity index (χ2n) is 5.71. The summed E-state index contributed by atoms with van der Waals surface area (Å²) in [5.41, 5.74) is 3.07. The molecule has 1 aliphatic rings. The van der Waals surface area contributed by atoms with Gasteiger partial charge in [0.1, 0.15) is 0 Å². The minimum atomic E-state index is 0.0700. The summed E-state index contributed by atoms with van der Waals surface area (Å²) in [6.07, 6.45) is 3.51. The molecule has 20 heavy (non-hydrogen) atoms. The van der Waals surface area contributed by atoms with Crippen LogP contribution in [-0.4, -0.2) is 16.8 Å². The smallest absolute Gasteiger partial charge is 0.241 e. The largest absolute Gasteiger partial charge is 0.476 e. The Kier molecular flexibility index (Phi) is 3.43. The van der Waals surface area contributed by atoms with E-state index in [2.05, 4.69) is 29.3 Å². The van der Waals surface area contributed by atoms with Gasteiger partial charge < -0.3 is 4.74 Å². The van der Waals surface area contributed by atoms with Crippen molar-refractivity contribution in [3.8, 4) is 17.0 Å². The van der Waals surface area contributed by atoms with Gasteiger partial charge in [-0.25, -0.2) is 0 Å². The summed E-state index contributed by atoms with van der Waals surface area (Å²) in [7, 11) is 0. The number of benzene rings is 1. The zero-order chi connectivity index (χ0) is 14.0. The third-order valence-electron chi connectivity index (χ3n) is 3.90. The minimum Gasteiger partial charge on any atom is -0.476 e. The molecular weight excluding hydrogens is 248 g/mol. The van der Waals surface area contributed by atoms with Gasteiger partial charge in [0.15, 0.2) is 0 Å². The molecule has 1 heterocycles. The molecule has 0 saturated heterocycles. The molecule has 0 amide bonds. The van der Waals surface area contributed by atoms with E-state index < -0.39 is 0 Å². The number of ether oxygens (including phenoxy) is 1. The van der Waals surface area contributed by atoms with Crippen molar-refractivity contribution in [3.05, 3.63) is 49.0 Å². The number of hydrogen-bond donors (Lipinski definition) is 0. The molecule has 2 aromatic rings. The lowest BCUT2D eigenvalue weighted by atomic mass is 9.71. The van der Waals surface area contributed by atoms with Crippen molar-refractivity contribution in [1.82, 2.24) is 10.2 Å². The van der Waals surface area contributed by atoms with Crippen molar-refractivity contribution in [1.29, 1.82) is 0 Å². The normalized spacial score (nSPS) is 16.5. The molecule has 1 aromatic carbocycles. The number of aryl methyl sites for hydroxylation is 1. The predicted octanol–water partition coefficient (Wildman–Crippen LogP) is 3.84. The predicted molar refractivity (Wildman–Crippen MR) is 79.3 cm³/mol. The molecule has 3 rings (SSSR count). The van der Waals surface area contributed by atoms with E-state index in [0.29, 0.717) is 12.5 Å². The van der Waals surface area contributed by atoms with Crippen molar-refractivity contribution in [2.75, 3.05) is 6.61 Å². The van der Waals surface area contributed by atoms with Gasteiger partial charge in [-0.1, -0.05) is 36.8 Å². The molecule has 3 nitrogen and oxygen atoms in total. The zero-order valence-corrected chi connectivity index (χ0v) is 11.8. The summed E-state index contributed by atoms with van der Waals surface area (Å²) >= 11 is 0. The molecule has 1 fully saturated rings. The van der Waals surface area contributed by atoms with Crippen LogP contribution in [0, 0.1) is 19.3 Å². The summed E-state index contributed by atoms with van der Waals surface area (Å²) in [6, 6.07) is 12.2. The van der Waals surface area contributed by atoms with Crippen LogP contribution >= 0.6 is 0 Å². The molecule has 0 unspecified atom stereocenters. The van der Waals surface area contributed by atoms with Crippen molar-refractivity contribution in [2.45, 2.75) is 26.2 Å². The number of hydrogen-bond acceptors (Lipinski definition) is 3. The second-order valence-corrected chi connectivity index (χ2v) is 5.71. The van der Waals surface area contributed by atoms with Gasteiger partial charge in [0.25, 0.3) is 0 Å². The standard InChI is InChI=1S/C17H19N2O/c1-13-11-15(14-7-4-3-5-8-14)16(19-18-13)20-12-17(2)9-6-10-17/h3-5,7-8,11H,2,6,9-10,12H2,1H3. The maximum Gasteiger partial charge on any atom is 0.241 e. The molecule has 1 aromatic heterocycles. The van der Waals surface area contributed by atoms with E-state index in [0.717, 1.165) is 29.7 Å². The fraction of sp³-hybridized carbons (Fsp3) is 0.353. The van der Waals surface area contributed by atoms with Crippen LogP contribution in [0.5, 0.6) is 5.88 Å². The number of aromatic nitrogens is 2. The SMILES string of the molecule is [CH2]C1(COc2nnc(C)cc2-c2ccccc2)CCC1. The molecule has 3 heteroatoms. The van der Waals surface area contributed by atoms with Gasteiger partial charge in [-0.3, -0.25) is 0 Å². The van der Waals surface area contributed by atoms with E-state index in [4.69, 9.17) is 4.74 Å². The molecule has 0 N–H and O–H groups in total. The fourth-order valence-electron chi connectivity index (χ4n) is 2.45. The van der Waals surface area contributed by atoms with Gasteiger partial charge in [0, 0.05) is 11.0 Å². The summed E-state index contributed by atoms with van der Waals surface area (Å²) in [5, 5.41) is 8.33. The van der Waals surface area contributed by atoms with Crippen LogP contribution in [0.1, 0.15) is 25.0 Å². The monoisotopic (exact) mass is 267 g/mol. The van der Waals surface area contributed by atoms with Crippen LogP contribution in [0.3, 0.4) is 0 Å². The lowest BCUT2D eigenvalue weighted by Crippen LogP contribution is -2.32. The second kappa shape index (κ2) is 5.23. The third-order valence-corrected chi connectivity index (χ3v) is 3.90. The topological polar surface area (TPSA) is 35.0 Å². The molecule has 0 spiro atoms. The van der Waals surface area contributed by atoms with Gasteiger partial charge >= 0.3 is 0 Å². The Balaban J connectivity index is 1.86. The highest BCUT2D eigenvalue weighted by Gasteiger charge is 2.33. The quantitative estimate of drug-likeness (QED) is 0.844. The van der Waals surface area contributed by atoms with Crippen LogP contribution in [0.2, 0.25) is 0 Å². The van der Waals surface area contributed by atoms with Gasteiger partial charge in [-0.2, -0.15) is 5.10 Å². The van der Waals surface area contributed by atoms with Gasteiger partial charge in [-0.05, 0) is 38.3 Å². The molecule has 0 atom stereocenters. The highest BCUT2D eigenvalue weighted by atomic mass is 16.5. The van der Waals surface area contributed by atoms with E-state index in [-0.39, 0.29) is 5.41 Å². The number of nitrogens with zero attached hydrogens (tertiary/aromatic N) is 2. The first kappa shape index (κ1) is 13.1. The molecule has 0 aliphatic heterocycles. The molecule has 1 radical (unpaired) electrons. The van der Waals surface area contributed by atoms with E-state index in [9.17, 15) is 0 Å². The Morgan fingerprint density at radius 2 is 1.95 bits per heavy atom. The van der Waals surface area contributed by atoms with Crippen molar-refractivity contribution >= 4 is 0 Å². The van der Waals surface area contributed by atoms with Crippen molar-refractivity contribution in [3.63, 3.8) is 0 Å². The first-order chi connectivity index (χ1) is 9.66.